The van der Waals surface area contributed by atoms with Gasteiger partial charge in [0, 0.05) is 5.69 Å². The van der Waals surface area contributed by atoms with Gasteiger partial charge >= 0.3 is 5.97 Å². The van der Waals surface area contributed by atoms with Crippen molar-refractivity contribution in [3.05, 3.63) is 65.2 Å². The van der Waals surface area contributed by atoms with Gasteiger partial charge in [-0.05, 0) is 30.7 Å². The molecule has 0 saturated carbocycles. The van der Waals surface area contributed by atoms with Crippen LogP contribution in [0, 0.1) is 18.6 Å². The molecular formula is C16H15F2NO2. The predicted octanol–water partition coefficient (Wildman–Crippen LogP) is 3.60. The van der Waals surface area contributed by atoms with Crippen LogP contribution in [0.4, 0.5) is 14.5 Å². The molecule has 0 saturated heterocycles. The zero-order chi connectivity index (χ0) is 15.4. The van der Waals surface area contributed by atoms with Crippen LogP contribution in [0.15, 0.2) is 42.5 Å². The van der Waals surface area contributed by atoms with E-state index in [-0.39, 0.29) is 5.56 Å². The van der Waals surface area contributed by atoms with E-state index >= 15 is 0 Å². The van der Waals surface area contributed by atoms with Crippen molar-refractivity contribution < 1.29 is 18.3 Å². The second kappa shape index (κ2) is 6.35. The number of carbonyl (C=O) groups is 1. The van der Waals surface area contributed by atoms with E-state index in [0.717, 1.165) is 17.7 Å². The number of hydrogen-bond donors (Lipinski definition) is 1. The van der Waals surface area contributed by atoms with Crippen LogP contribution in [-0.2, 0) is 9.53 Å². The molecule has 21 heavy (non-hydrogen) atoms. The number of benzene rings is 2. The van der Waals surface area contributed by atoms with Crippen LogP contribution in [0.3, 0.4) is 0 Å². The maximum Gasteiger partial charge on any atom is 0.333 e. The van der Waals surface area contributed by atoms with Crippen molar-refractivity contribution in [1.82, 2.24) is 0 Å². The van der Waals surface area contributed by atoms with Crippen molar-refractivity contribution in [2.24, 2.45) is 0 Å². The molecule has 0 radical (unpaired) electrons. The number of aryl methyl sites for hydroxylation is 1. The zero-order valence-electron chi connectivity index (χ0n) is 11.7. The Bertz CT molecular complexity index is 638. The van der Waals surface area contributed by atoms with E-state index in [1.54, 1.807) is 12.1 Å². The van der Waals surface area contributed by atoms with Gasteiger partial charge in [0.2, 0.25) is 0 Å². The van der Waals surface area contributed by atoms with Crippen LogP contribution < -0.4 is 5.32 Å². The van der Waals surface area contributed by atoms with E-state index in [4.69, 9.17) is 0 Å². The maximum absolute atomic E-state index is 13.9. The number of rotatable bonds is 4. The molecule has 0 aliphatic rings. The molecule has 1 atom stereocenters. The summed E-state index contributed by atoms with van der Waals surface area (Å²) in [4.78, 5) is 11.9. The number of anilines is 1. The van der Waals surface area contributed by atoms with E-state index in [9.17, 15) is 13.6 Å². The molecule has 2 aromatic carbocycles. The average Bonchev–Trinajstić information content (AvgIpc) is 2.47. The van der Waals surface area contributed by atoms with Gasteiger partial charge in [0.1, 0.15) is 11.6 Å². The quantitative estimate of drug-likeness (QED) is 0.875. The lowest BCUT2D eigenvalue weighted by atomic mass is 10.0. The van der Waals surface area contributed by atoms with E-state index in [2.05, 4.69) is 10.1 Å². The highest BCUT2D eigenvalue weighted by Gasteiger charge is 2.28. The van der Waals surface area contributed by atoms with Gasteiger partial charge in [-0.2, -0.15) is 0 Å². The monoisotopic (exact) mass is 291 g/mol. The van der Waals surface area contributed by atoms with E-state index in [1.165, 1.54) is 13.2 Å². The average molecular weight is 291 g/mol. The molecule has 0 heterocycles. The summed E-state index contributed by atoms with van der Waals surface area (Å²) in [5.41, 5.74) is 1.10. The Hall–Kier alpha value is -2.43. The Morgan fingerprint density at radius 2 is 1.71 bits per heavy atom. The van der Waals surface area contributed by atoms with Crippen molar-refractivity contribution in [2.75, 3.05) is 12.4 Å². The van der Waals surface area contributed by atoms with Crippen LogP contribution in [0.25, 0.3) is 0 Å². The molecule has 0 aromatic heterocycles. The summed E-state index contributed by atoms with van der Waals surface area (Å²) in [7, 11) is 1.17. The molecule has 2 aromatic rings. The third-order valence-electron chi connectivity index (χ3n) is 3.17. The van der Waals surface area contributed by atoms with E-state index in [1.807, 2.05) is 19.1 Å². The summed E-state index contributed by atoms with van der Waals surface area (Å²) >= 11 is 0. The summed E-state index contributed by atoms with van der Waals surface area (Å²) in [6, 6.07) is 9.35. The molecule has 0 spiro atoms. The summed E-state index contributed by atoms with van der Waals surface area (Å²) in [6.07, 6.45) is 0. The minimum absolute atomic E-state index is 0.354. The Labute approximate surface area is 121 Å². The normalized spacial score (nSPS) is 11.8. The van der Waals surface area contributed by atoms with Crippen molar-refractivity contribution in [3.63, 3.8) is 0 Å². The van der Waals surface area contributed by atoms with Crippen LogP contribution in [0.1, 0.15) is 17.2 Å². The topological polar surface area (TPSA) is 38.3 Å². The standard InChI is InChI=1S/C16H15F2NO2/c1-10-6-3-4-9-13(10)19-15(16(20)21-2)14-11(17)7-5-8-12(14)18/h3-9,15,19H,1-2H3. The number of esters is 1. The fourth-order valence-corrected chi connectivity index (χ4v) is 2.04. The largest absolute Gasteiger partial charge is 0.467 e. The first kappa shape index (κ1) is 15.0. The SMILES string of the molecule is COC(=O)C(Nc1ccccc1C)c1c(F)cccc1F. The van der Waals surface area contributed by atoms with Gasteiger partial charge < -0.3 is 10.1 Å². The Morgan fingerprint density at radius 1 is 1.10 bits per heavy atom. The first-order valence-corrected chi connectivity index (χ1v) is 6.38. The predicted molar refractivity (Wildman–Crippen MR) is 75.9 cm³/mol. The number of carbonyl (C=O) groups excluding carboxylic acids is 1. The lowest BCUT2D eigenvalue weighted by Crippen LogP contribution is -2.25. The van der Waals surface area contributed by atoms with Crippen LogP contribution in [0.2, 0.25) is 0 Å². The molecule has 3 nitrogen and oxygen atoms in total. The van der Waals surface area contributed by atoms with Gasteiger partial charge in [0.05, 0.1) is 12.7 Å². The van der Waals surface area contributed by atoms with Crippen molar-refractivity contribution in [1.29, 1.82) is 0 Å². The molecule has 110 valence electrons. The van der Waals surface area contributed by atoms with Gasteiger partial charge in [0.15, 0.2) is 6.04 Å². The van der Waals surface area contributed by atoms with Crippen molar-refractivity contribution in [3.8, 4) is 0 Å². The lowest BCUT2D eigenvalue weighted by Gasteiger charge is -2.20. The molecule has 1 unspecified atom stereocenters. The molecule has 2 rings (SSSR count). The van der Waals surface area contributed by atoms with E-state index < -0.39 is 23.6 Å². The van der Waals surface area contributed by atoms with Crippen LogP contribution >= 0.6 is 0 Å². The van der Waals surface area contributed by atoms with Crippen LogP contribution in [-0.4, -0.2) is 13.1 Å². The Balaban J connectivity index is 2.45. The minimum Gasteiger partial charge on any atom is -0.467 e. The van der Waals surface area contributed by atoms with Crippen LogP contribution in [0.5, 0.6) is 0 Å². The molecular weight excluding hydrogens is 276 g/mol. The molecule has 0 aliphatic carbocycles. The Kier molecular flexibility index (Phi) is 4.52. The first-order valence-electron chi connectivity index (χ1n) is 6.38. The number of methoxy groups -OCH3 is 1. The third kappa shape index (κ3) is 3.18. The number of halogens is 2. The number of hydrogen-bond acceptors (Lipinski definition) is 3. The second-order valence-electron chi connectivity index (χ2n) is 4.55. The molecule has 5 heteroatoms. The van der Waals surface area contributed by atoms with Gasteiger partial charge in [-0.25, -0.2) is 13.6 Å². The van der Waals surface area contributed by atoms with Gasteiger partial charge in [-0.15, -0.1) is 0 Å². The minimum atomic E-state index is -1.25. The molecule has 0 bridgehead atoms. The highest BCUT2D eigenvalue weighted by atomic mass is 19.1. The maximum atomic E-state index is 13.9. The fourth-order valence-electron chi connectivity index (χ4n) is 2.04. The summed E-state index contributed by atoms with van der Waals surface area (Å²) < 4.78 is 32.5. The van der Waals surface area contributed by atoms with Gasteiger partial charge in [-0.1, -0.05) is 24.3 Å². The fraction of sp³-hybridized carbons (Fsp3) is 0.188. The van der Waals surface area contributed by atoms with Crippen molar-refractivity contribution in [2.45, 2.75) is 13.0 Å². The summed E-state index contributed by atoms with van der Waals surface area (Å²) in [5.74, 6) is -2.36. The van der Waals surface area contributed by atoms with Gasteiger partial charge in [-0.3, -0.25) is 0 Å². The summed E-state index contributed by atoms with van der Waals surface area (Å²) in [6.45, 7) is 1.83. The molecule has 1 N–H and O–H groups in total. The third-order valence-corrected chi connectivity index (χ3v) is 3.17. The number of para-hydroxylation sites is 1. The second-order valence-corrected chi connectivity index (χ2v) is 4.55. The lowest BCUT2D eigenvalue weighted by molar-refractivity contribution is -0.141. The molecule has 0 amide bonds. The number of nitrogens with one attached hydrogen (secondary N) is 1. The number of ether oxygens (including phenoxy) is 1. The highest BCUT2D eigenvalue weighted by Crippen LogP contribution is 2.27. The molecule has 0 aliphatic heterocycles. The van der Waals surface area contributed by atoms with Crippen molar-refractivity contribution >= 4 is 11.7 Å². The summed E-state index contributed by atoms with van der Waals surface area (Å²) in [5, 5.41) is 2.84. The Morgan fingerprint density at radius 3 is 2.29 bits per heavy atom. The first-order chi connectivity index (χ1) is 10.0. The smallest absolute Gasteiger partial charge is 0.333 e. The highest BCUT2D eigenvalue weighted by molar-refractivity contribution is 5.81. The molecule has 0 fully saturated rings. The zero-order valence-corrected chi connectivity index (χ0v) is 11.7. The van der Waals surface area contributed by atoms with Gasteiger partial charge in [0.25, 0.3) is 0 Å². The van der Waals surface area contributed by atoms with E-state index in [0.29, 0.717) is 5.69 Å².